The first-order valence-electron chi connectivity index (χ1n) is 5.59. The fourth-order valence-electron chi connectivity index (χ4n) is 2.03. The lowest BCUT2D eigenvalue weighted by Gasteiger charge is -2.16. The normalized spacial score (nSPS) is 22.1. The van der Waals surface area contributed by atoms with Crippen molar-refractivity contribution in [1.82, 2.24) is 0 Å². The van der Waals surface area contributed by atoms with E-state index in [1.165, 1.54) is 5.56 Å². The second-order valence-corrected chi connectivity index (χ2v) is 4.16. The Morgan fingerprint density at radius 3 is 2.73 bits per heavy atom. The van der Waals surface area contributed by atoms with Crippen molar-refractivity contribution in [3.8, 4) is 0 Å². The van der Waals surface area contributed by atoms with Crippen LogP contribution < -0.4 is 0 Å². The van der Waals surface area contributed by atoms with Gasteiger partial charge in [-0.05, 0) is 24.3 Å². The summed E-state index contributed by atoms with van der Waals surface area (Å²) < 4.78 is 0. The van der Waals surface area contributed by atoms with E-state index in [0.717, 1.165) is 25.7 Å². The lowest BCUT2D eigenvalue weighted by Crippen LogP contribution is -2.12. The molecule has 0 amide bonds. The van der Waals surface area contributed by atoms with E-state index in [9.17, 15) is 4.79 Å². The van der Waals surface area contributed by atoms with Crippen molar-refractivity contribution in [3.63, 3.8) is 0 Å². The molecule has 1 aliphatic rings. The van der Waals surface area contributed by atoms with Crippen LogP contribution in [0.4, 0.5) is 0 Å². The molecule has 0 spiro atoms. The van der Waals surface area contributed by atoms with E-state index in [1.54, 1.807) is 0 Å². The number of Topliss-reactive ketones (excluding diaryl/α,β-unsaturated/α-hetero) is 1. The summed E-state index contributed by atoms with van der Waals surface area (Å²) in [7, 11) is 0. The van der Waals surface area contributed by atoms with Gasteiger partial charge in [0, 0.05) is 12.8 Å². The van der Waals surface area contributed by atoms with Crippen LogP contribution in [0.5, 0.6) is 0 Å². The second-order valence-electron chi connectivity index (χ2n) is 4.16. The van der Waals surface area contributed by atoms with Crippen LogP contribution in [0.15, 0.2) is 36.4 Å². The molecule has 1 unspecified atom stereocenters. The van der Waals surface area contributed by atoms with Crippen LogP contribution in [0.3, 0.4) is 0 Å². The maximum absolute atomic E-state index is 11.3. The number of allylic oxidation sites excluding steroid dienone is 1. The summed E-state index contributed by atoms with van der Waals surface area (Å²) in [5.74, 6) is 0.885. The van der Waals surface area contributed by atoms with Gasteiger partial charge in [0.2, 0.25) is 0 Å². The molecule has 0 radical (unpaired) electrons. The first-order valence-corrected chi connectivity index (χ1v) is 5.59. The van der Waals surface area contributed by atoms with Crippen LogP contribution in [0.25, 0.3) is 6.08 Å². The van der Waals surface area contributed by atoms with Crippen LogP contribution in [0.1, 0.15) is 31.2 Å². The van der Waals surface area contributed by atoms with Gasteiger partial charge in [0.25, 0.3) is 0 Å². The van der Waals surface area contributed by atoms with Gasteiger partial charge in [-0.2, -0.15) is 0 Å². The van der Waals surface area contributed by atoms with Crippen molar-refractivity contribution >= 4 is 11.9 Å². The summed E-state index contributed by atoms with van der Waals surface area (Å²) in [5.41, 5.74) is 1.22. The van der Waals surface area contributed by atoms with E-state index in [-0.39, 0.29) is 0 Å². The highest BCUT2D eigenvalue weighted by atomic mass is 16.1. The maximum Gasteiger partial charge on any atom is 0.133 e. The van der Waals surface area contributed by atoms with Gasteiger partial charge in [0.15, 0.2) is 0 Å². The number of hydrogen-bond acceptors (Lipinski definition) is 1. The molecule has 1 atom stereocenters. The van der Waals surface area contributed by atoms with Gasteiger partial charge < -0.3 is 0 Å². The van der Waals surface area contributed by atoms with Crippen molar-refractivity contribution < 1.29 is 4.79 Å². The zero-order valence-corrected chi connectivity index (χ0v) is 8.86. The summed E-state index contributed by atoms with van der Waals surface area (Å²) in [6.45, 7) is 0. The molecule has 1 aromatic carbocycles. The lowest BCUT2D eigenvalue weighted by atomic mass is 9.88. The summed E-state index contributed by atoms with van der Waals surface area (Å²) in [6.07, 6.45) is 8.06. The first-order chi connectivity index (χ1) is 7.34. The molecule has 1 heteroatoms. The van der Waals surface area contributed by atoms with E-state index in [4.69, 9.17) is 0 Å². The minimum atomic E-state index is 0.420. The molecule has 2 rings (SSSR count). The number of hydrogen-bond donors (Lipinski definition) is 0. The Morgan fingerprint density at radius 2 is 2.00 bits per heavy atom. The molecule has 0 saturated heterocycles. The predicted molar refractivity (Wildman–Crippen MR) is 62.4 cm³/mol. The SMILES string of the molecule is O=C1CCCC(/C=C/c2ccccc2)C1. The minimum absolute atomic E-state index is 0.420. The molecule has 0 N–H and O–H groups in total. The minimum Gasteiger partial charge on any atom is -0.300 e. The molecule has 1 aromatic rings. The highest BCUT2D eigenvalue weighted by molar-refractivity contribution is 5.79. The Balaban J connectivity index is 1.96. The summed E-state index contributed by atoms with van der Waals surface area (Å²) in [5, 5.41) is 0. The van der Waals surface area contributed by atoms with Gasteiger partial charge in [-0.15, -0.1) is 0 Å². The number of rotatable bonds is 2. The third-order valence-corrected chi connectivity index (χ3v) is 2.88. The van der Waals surface area contributed by atoms with E-state index in [0.29, 0.717) is 11.7 Å². The highest BCUT2D eigenvalue weighted by Crippen LogP contribution is 2.23. The molecule has 78 valence electrons. The number of benzene rings is 1. The van der Waals surface area contributed by atoms with E-state index in [1.807, 2.05) is 18.2 Å². The van der Waals surface area contributed by atoms with E-state index < -0.39 is 0 Å². The molecular formula is C14H16O. The molecule has 0 heterocycles. The van der Waals surface area contributed by atoms with Crippen LogP contribution in [0, 0.1) is 5.92 Å². The fourth-order valence-corrected chi connectivity index (χ4v) is 2.03. The molecule has 1 aliphatic carbocycles. The quantitative estimate of drug-likeness (QED) is 0.714. The topological polar surface area (TPSA) is 17.1 Å². The fraction of sp³-hybridized carbons (Fsp3) is 0.357. The smallest absolute Gasteiger partial charge is 0.133 e. The van der Waals surface area contributed by atoms with Gasteiger partial charge in [0.1, 0.15) is 5.78 Å². The lowest BCUT2D eigenvalue weighted by molar-refractivity contribution is -0.121. The number of ketones is 1. The molecular weight excluding hydrogens is 184 g/mol. The van der Waals surface area contributed by atoms with E-state index >= 15 is 0 Å². The Bertz CT molecular complexity index is 351. The molecule has 1 nitrogen and oxygen atoms in total. The summed E-state index contributed by atoms with van der Waals surface area (Å²) >= 11 is 0. The molecule has 0 aliphatic heterocycles. The van der Waals surface area contributed by atoms with Gasteiger partial charge >= 0.3 is 0 Å². The van der Waals surface area contributed by atoms with Crippen molar-refractivity contribution in [1.29, 1.82) is 0 Å². The molecule has 1 fully saturated rings. The Morgan fingerprint density at radius 1 is 1.20 bits per heavy atom. The Hall–Kier alpha value is -1.37. The van der Waals surface area contributed by atoms with Crippen molar-refractivity contribution in [2.24, 2.45) is 5.92 Å². The highest BCUT2D eigenvalue weighted by Gasteiger charge is 2.16. The summed E-state index contributed by atoms with van der Waals surface area (Å²) in [6, 6.07) is 10.3. The van der Waals surface area contributed by atoms with Crippen LogP contribution >= 0.6 is 0 Å². The van der Waals surface area contributed by atoms with Crippen LogP contribution in [-0.4, -0.2) is 5.78 Å². The molecule has 1 saturated carbocycles. The van der Waals surface area contributed by atoms with Gasteiger partial charge in [-0.3, -0.25) is 4.79 Å². The summed E-state index contributed by atoms with van der Waals surface area (Å²) in [4.78, 5) is 11.3. The Kier molecular flexibility index (Phi) is 3.33. The molecule has 0 bridgehead atoms. The second kappa shape index (κ2) is 4.92. The first kappa shape index (κ1) is 10.2. The Labute approximate surface area is 90.8 Å². The van der Waals surface area contributed by atoms with Gasteiger partial charge in [0.05, 0.1) is 0 Å². The molecule has 15 heavy (non-hydrogen) atoms. The van der Waals surface area contributed by atoms with Crippen LogP contribution in [-0.2, 0) is 4.79 Å². The molecule has 0 aromatic heterocycles. The number of carbonyl (C=O) groups is 1. The average molecular weight is 200 g/mol. The zero-order valence-electron chi connectivity index (χ0n) is 8.86. The monoisotopic (exact) mass is 200 g/mol. The van der Waals surface area contributed by atoms with Gasteiger partial charge in [-0.1, -0.05) is 42.5 Å². The largest absolute Gasteiger partial charge is 0.300 e. The van der Waals surface area contributed by atoms with Crippen molar-refractivity contribution in [3.05, 3.63) is 42.0 Å². The maximum atomic E-state index is 11.3. The predicted octanol–water partition coefficient (Wildman–Crippen LogP) is 3.46. The van der Waals surface area contributed by atoms with Crippen LogP contribution in [0.2, 0.25) is 0 Å². The van der Waals surface area contributed by atoms with E-state index in [2.05, 4.69) is 24.3 Å². The third kappa shape index (κ3) is 3.05. The standard InChI is InChI=1S/C14H16O/c15-14-8-4-7-13(11-14)10-9-12-5-2-1-3-6-12/h1-3,5-6,9-10,13H,4,7-8,11H2/b10-9+. The van der Waals surface area contributed by atoms with Crippen molar-refractivity contribution in [2.75, 3.05) is 0 Å². The average Bonchev–Trinajstić information content (AvgIpc) is 2.28. The number of carbonyl (C=O) groups excluding carboxylic acids is 1. The van der Waals surface area contributed by atoms with Gasteiger partial charge in [-0.25, -0.2) is 0 Å². The van der Waals surface area contributed by atoms with Crippen molar-refractivity contribution in [2.45, 2.75) is 25.7 Å². The zero-order chi connectivity index (χ0) is 10.5. The third-order valence-electron chi connectivity index (χ3n) is 2.88.